The predicted molar refractivity (Wildman–Crippen MR) is 69.4 cm³/mol. The number of likely N-dealkylation sites (tertiary alicyclic amines) is 1. The summed E-state index contributed by atoms with van der Waals surface area (Å²) in [6.45, 7) is 5.71. The van der Waals surface area contributed by atoms with Crippen molar-refractivity contribution < 1.29 is 14.7 Å². The van der Waals surface area contributed by atoms with Crippen molar-refractivity contribution in [3.8, 4) is 0 Å². The summed E-state index contributed by atoms with van der Waals surface area (Å²) in [6, 6.07) is 3.20. The molecule has 2 unspecified atom stereocenters. The third kappa shape index (κ3) is 2.45. The fraction of sp³-hybridized carbons (Fsp3) is 0.500. The van der Waals surface area contributed by atoms with Gasteiger partial charge in [-0.25, -0.2) is 0 Å². The second-order valence-electron chi connectivity index (χ2n) is 5.25. The second-order valence-corrected chi connectivity index (χ2v) is 5.25. The van der Waals surface area contributed by atoms with E-state index in [2.05, 4.69) is 4.98 Å². The Balaban J connectivity index is 2.43. The highest BCUT2D eigenvalue weighted by Gasteiger charge is 2.46. The quantitative estimate of drug-likeness (QED) is 0.901. The molecule has 1 aromatic heterocycles. The summed E-state index contributed by atoms with van der Waals surface area (Å²) in [5.41, 5.74) is 1.66. The number of rotatable bonds is 3. The van der Waals surface area contributed by atoms with Gasteiger partial charge in [-0.1, -0.05) is 6.07 Å². The maximum atomic E-state index is 12.0. The molecule has 2 rings (SSSR count). The van der Waals surface area contributed by atoms with Gasteiger partial charge in [-0.2, -0.15) is 0 Å². The molecule has 1 aromatic rings. The van der Waals surface area contributed by atoms with E-state index < -0.39 is 17.9 Å². The number of aromatic nitrogens is 1. The van der Waals surface area contributed by atoms with Gasteiger partial charge in [0, 0.05) is 18.7 Å². The molecular weight excluding hydrogens is 244 g/mol. The molecule has 2 heterocycles. The van der Waals surface area contributed by atoms with Crippen molar-refractivity contribution in [3.63, 3.8) is 0 Å². The molecule has 0 radical (unpaired) electrons. The summed E-state index contributed by atoms with van der Waals surface area (Å²) in [4.78, 5) is 29.3. The maximum absolute atomic E-state index is 12.0. The van der Waals surface area contributed by atoms with Crippen LogP contribution in [0.1, 0.15) is 37.6 Å². The third-order valence-corrected chi connectivity index (χ3v) is 3.47. The molecule has 1 fully saturated rings. The van der Waals surface area contributed by atoms with Crippen molar-refractivity contribution in [2.45, 2.75) is 39.3 Å². The van der Waals surface area contributed by atoms with E-state index in [1.807, 2.05) is 32.9 Å². The van der Waals surface area contributed by atoms with Crippen molar-refractivity contribution in [3.05, 3.63) is 29.6 Å². The second kappa shape index (κ2) is 4.99. The number of carboxylic acids is 1. The van der Waals surface area contributed by atoms with E-state index in [-0.39, 0.29) is 18.4 Å². The molecule has 102 valence electrons. The van der Waals surface area contributed by atoms with Crippen LogP contribution in [0, 0.1) is 12.8 Å². The number of carbonyl (C=O) groups is 2. The maximum Gasteiger partial charge on any atom is 0.309 e. The minimum atomic E-state index is -0.941. The van der Waals surface area contributed by atoms with Gasteiger partial charge in [-0.05, 0) is 32.4 Å². The first kappa shape index (κ1) is 13.5. The van der Waals surface area contributed by atoms with E-state index in [1.54, 1.807) is 11.1 Å². The Labute approximate surface area is 112 Å². The van der Waals surface area contributed by atoms with Gasteiger partial charge in [0.1, 0.15) is 0 Å². The van der Waals surface area contributed by atoms with E-state index in [9.17, 15) is 14.7 Å². The fourth-order valence-corrected chi connectivity index (χ4v) is 2.59. The molecule has 0 aromatic carbocycles. The fourth-order valence-electron chi connectivity index (χ4n) is 2.59. The molecule has 0 aliphatic carbocycles. The van der Waals surface area contributed by atoms with E-state index in [0.29, 0.717) is 5.69 Å². The first-order valence-corrected chi connectivity index (χ1v) is 6.38. The molecule has 1 N–H and O–H groups in total. The number of nitrogens with zero attached hydrogens (tertiary/aromatic N) is 2. The normalized spacial score (nSPS) is 23.2. The SMILES string of the molecule is Cc1ccc(C2C(C(=O)O)CC(=O)N2C(C)C)nc1. The van der Waals surface area contributed by atoms with Crippen LogP contribution in [0.3, 0.4) is 0 Å². The molecule has 0 bridgehead atoms. The standard InChI is InChI=1S/C14H18N2O3/c1-8(2)16-12(17)6-10(14(18)19)13(16)11-5-4-9(3)7-15-11/h4-5,7-8,10,13H,6H2,1-3H3,(H,18,19). The topological polar surface area (TPSA) is 70.5 Å². The number of hydrogen-bond acceptors (Lipinski definition) is 3. The van der Waals surface area contributed by atoms with Gasteiger partial charge in [-0.15, -0.1) is 0 Å². The van der Waals surface area contributed by atoms with Crippen molar-refractivity contribution >= 4 is 11.9 Å². The van der Waals surface area contributed by atoms with Crippen molar-refractivity contribution in [1.29, 1.82) is 0 Å². The highest BCUT2D eigenvalue weighted by Crippen LogP contribution is 2.38. The van der Waals surface area contributed by atoms with E-state index in [0.717, 1.165) is 5.56 Å². The van der Waals surface area contributed by atoms with Gasteiger partial charge < -0.3 is 10.0 Å². The molecule has 19 heavy (non-hydrogen) atoms. The minimum Gasteiger partial charge on any atom is -0.481 e. The largest absolute Gasteiger partial charge is 0.481 e. The van der Waals surface area contributed by atoms with Crippen LogP contribution in [0.25, 0.3) is 0 Å². The molecule has 0 saturated carbocycles. The van der Waals surface area contributed by atoms with E-state index in [1.165, 1.54) is 0 Å². The third-order valence-electron chi connectivity index (χ3n) is 3.47. The Hall–Kier alpha value is -1.91. The minimum absolute atomic E-state index is 0.0371. The van der Waals surface area contributed by atoms with Crippen LogP contribution in [-0.2, 0) is 9.59 Å². The number of pyridine rings is 1. The summed E-state index contributed by atoms with van der Waals surface area (Å²) in [5, 5.41) is 9.31. The van der Waals surface area contributed by atoms with E-state index in [4.69, 9.17) is 0 Å². The average molecular weight is 262 g/mol. The van der Waals surface area contributed by atoms with Crippen LogP contribution in [0.2, 0.25) is 0 Å². The van der Waals surface area contributed by atoms with Crippen molar-refractivity contribution in [2.24, 2.45) is 5.92 Å². The zero-order valence-corrected chi connectivity index (χ0v) is 11.3. The molecule has 1 saturated heterocycles. The molecule has 5 nitrogen and oxygen atoms in total. The van der Waals surface area contributed by atoms with E-state index >= 15 is 0 Å². The lowest BCUT2D eigenvalue weighted by Gasteiger charge is -2.29. The summed E-state index contributed by atoms with van der Waals surface area (Å²) in [7, 11) is 0. The van der Waals surface area contributed by atoms with Gasteiger partial charge in [0.15, 0.2) is 0 Å². The molecule has 5 heteroatoms. The van der Waals surface area contributed by atoms with Crippen LogP contribution >= 0.6 is 0 Å². The van der Waals surface area contributed by atoms with Crippen molar-refractivity contribution in [1.82, 2.24) is 9.88 Å². The number of aliphatic carboxylic acids is 1. The van der Waals surface area contributed by atoms with Gasteiger partial charge in [0.05, 0.1) is 17.7 Å². The Morgan fingerprint density at radius 3 is 2.63 bits per heavy atom. The summed E-state index contributed by atoms with van der Waals surface area (Å²) >= 11 is 0. The monoisotopic (exact) mass is 262 g/mol. The number of hydrogen-bond donors (Lipinski definition) is 1. The first-order valence-electron chi connectivity index (χ1n) is 6.38. The molecule has 1 aliphatic heterocycles. The molecule has 1 aliphatic rings. The highest BCUT2D eigenvalue weighted by molar-refractivity contribution is 5.87. The number of aryl methyl sites for hydroxylation is 1. The summed E-state index contributed by atoms with van der Waals surface area (Å²) in [6.07, 6.45) is 1.75. The Kier molecular flexibility index (Phi) is 3.55. The van der Waals surface area contributed by atoms with Crippen LogP contribution in [0.15, 0.2) is 18.3 Å². The number of amides is 1. The Morgan fingerprint density at radius 1 is 1.47 bits per heavy atom. The number of carbonyl (C=O) groups excluding carboxylic acids is 1. The predicted octanol–water partition coefficient (Wildman–Crippen LogP) is 1.77. The van der Waals surface area contributed by atoms with Gasteiger partial charge in [0.25, 0.3) is 0 Å². The lowest BCUT2D eigenvalue weighted by molar-refractivity contribution is -0.142. The Bertz CT molecular complexity index is 496. The Morgan fingerprint density at radius 2 is 2.16 bits per heavy atom. The average Bonchev–Trinajstić information content (AvgIpc) is 2.68. The smallest absolute Gasteiger partial charge is 0.309 e. The first-order chi connectivity index (χ1) is 8.91. The van der Waals surface area contributed by atoms with Gasteiger partial charge >= 0.3 is 5.97 Å². The molecule has 1 amide bonds. The van der Waals surface area contributed by atoms with Crippen LogP contribution in [0.5, 0.6) is 0 Å². The van der Waals surface area contributed by atoms with Gasteiger partial charge in [-0.3, -0.25) is 14.6 Å². The van der Waals surface area contributed by atoms with Crippen molar-refractivity contribution in [2.75, 3.05) is 0 Å². The summed E-state index contributed by atoms with van der Waals surface area (Å²) < 4.78 is 0. The highest BCUT2D eigenvalue weighted by atomic mass is 16.4. The van der Waals surface area contributed by atoms with Crippen LogP contribution in [0.4, 0.5) is 0 Å². The number of carboxylic acid groups (broad SMARTS) is 1. The molecule has 0 spiro atoms. The van der Waals surface area contributed by atoms with Gasteiger partial charge in [0.2, 0.25) is 5.91 Å². The zero-order chi connectivity index (χ0) is 14.2. The van der Waals surface area contributed by atoms with Crippen LogP contribution < -0.4 is 0 Å². The summed E-state index contributed by atoms with van der Waals surface area (Å²) in [5.74, 6) is -1.77. The zero-order valence-electron chi connectivity index (χ0n) is 11.3. The lowest BCUT2D eigenvalue weighted by atomic mass is 9.96. The van der Waals surface area contributed by atoms with Crippen LogP contribution in [-0.4, -0.2) is 32.9 Å². The lowest BCUT2D eigenvalue weighted by Crippen LogP contribution is -2.36. The molecule has 2 atom stereocenters. The molecular formula is C14H18N2O3.